The van der Waals surface area contributed by atoms with E-state index < -0.39 is 20.1 Å². The Morgan fingerprint density at radius 1 is 1.55 bits per heavy atom. The maximum absolute atomic E-state index is 9.83. The van der Waals surface area contributed by atoms with Crippen molar-refractivity contribution in [2.24, 2.45) is 0 Å². The fraction of sp³-hybridized carbons (Fsp3) is 1.00. The van der Waals surface area contributed by atoms with Crippen molar-refractivity contribution in [3.8, 4) is 0 Å². The topological polar surface area (TPSA) is 95.5 Å². The Kier molecular flexibility index (Phi) is 14.8. The molecule has 0 fully saturated rings. The Labute approximate surface area is 110 Å². The first-order valence-corrected chi connectivity index (χ1v) is 4.07. The first-order chi connectivity index (χ1) is 3.92. The van der Waals surface area contributed by atoms with Crippen LogP contribution in [-0.4, -0.2) is 17.6 Å². The van der Waals surface area contributed by atoms with E-state index in [4.69, 9.17) is 5.11 Å². The van der Waals surface area contributed by atoms with Gasteiger partial charge in [0.05, 0.1) is 0 Å². The first-order valence-electron chi connectivity index (χ1n) is 2.34. The summed E-state index contributed by atoms with van der Waals surface area (Å²) < 4.78 is 9.83. The van der Waals surface area contributed by atoms with E-state index >= 15 is 0 Å². The molecule has 11 heavy (non-hydrogen) atoms. The quantitative estimate of drug-likeness (QED) is 0.267. The number of rotatable bonds is 3. The van der Waals surface area contributed by atoms with Crippen molar-refractivity contribution in [3.63, 3.8) is 0 Å². The summed E-state index contributed by atoms with van der Waals surface area (Å²) in [4.78, 5) is 19.7. The van der Waals surface area contributed by atoms with Gasteiger partial charge < -0.3 is 19.5 Å². The van der Waals surface area contributed by atoms with Crippen molar-refractivity contribution in [1.82, 2.24) is 5.32 Å². The molecule has 0 amide bonds. The number of aliphatic hydroxyl groups excluding tert-OH is 1. The average Bonchev–Trinajstić information content (AvgIpc) is 1.59. The van der Waals surface area contributed by atoms with Crippen LogP contribution in [0.3, 0.4) is 0 Å². The van der Waals surface area contributed by atoms with E-state index in [1.165, 1.54) is 6.92 Å². The van der Waals surface area contributed by atoms with Gasteiger partial charge in [-0.2, -0.15) is 0 Å². The van der Waals surface area contributed by atoms with Gasteiger partial charge in [-0.25, -0.2) is 0 Å². The van der Waals surface area contributed by atoms with Crippen LogP contribution in [0.5, 0.6) is 0 Å². The summed E-state index contributed by atoms with van der Waals surface area (Å²) in [6.45, 7) is 1.33. The molecule has 0 aromatic rings. The van der Waals surface area contributed by atoms with Gasteiger partial charge in [0, 0.05) is 6.29 Å². The molecule has 0 saturated heterocycles. The Hall–Kier alpha value is 2.07. The van der Waals surface area contributed by atoms with Crippen LogP contribution < -0.4 is 74.2 Å². The fourth-order valence-electron chi connectivity index (χ4n) is 0.244. The number of aliphatic hydroxyl groups is 1. The van der Waals surface area contributed by atoms with Crippen LogP contribution in [0.4, 0.5) is 0 Å². The van der Waals surface area contributed by atoms with Crippen LogP contribution in [0.2, 0.25) is 0 Å². The SMILES string of the molecule is CC(O)NCP(=O)([O-])[O-].[Na+].[Na+]. The predicted molar refractivity (Wildman–Crippen MR) is 27.3 cm³/mol. The van der Waals surface area contributed by atoms with Gasteiger partial charge in [0.2, 0.25) is 0 Å². The van der Waals surface area contributed by atoms with Crippen molar-refractivity contribution >= 4 is 7.60 Å². The largest absolute Gasteiger partial charge is 1.00 e. The minimum absolute atomic E-state index is 0. The molecule has 0 aromatic carbocycles. The maximum atomic E-state index is 9.83. The van der Waals surface area contributed by atoms with Crippen LogP contribution in [-0.2, 0) is 4.57 Å². The summed E-state index contributed by atoms with van der Waals surface area (Å²) in [6, 6.07) is 0. The molecule has 0 bridgehead atoms. The second-order valence-electron chi connectivity index (χ2n) is 1.65. The molecule has 0 rings (SSSR count). The van der Waals surface area contributed by atoms with Crippen LogP contribution in [0.15, 0.2) is 0 Å². The van der Waals surface area contributed by atoms with Crippen molar-refractivity contribution < 1.29 is 78.6 Å². The molecule has 0 heterocycles. The molecule has 0 saturated carbocycles. The molecule has 0 aromatic heterocycles. The molecule has 0 aliphatic heterocycles. The Morgan fingerprint density at radius 3 is 2.00 bits per heavy atom. The molecule has 1 atom stereocenters. The first kappa shape index (κ1) is 18.8. The zero-order valence-electron chi connectivity index (χ0n) is 6.90. The minimum Gasteiger partial charge on any atom is -0.810 e. The Balaban J connectivity index is -0.000000320. The number of hydrogen-bond donors (Lipinski definition) is 2. The second-order valence-corrected chi connectivity index (χ2v) is 3.19. The third-order valence-electron chi connectivity index (χ3n) is 0.580. The summed E-state index contributed by atoms with van der Waals surface area (Å²) in [5, 5.41) is 10.5. The van der Waals surface area contributed by atoms with E-state index in [0.29, 0.717) is 0 Å². The van der Waals surface area contributed by atoms with Crippen molar-refractivity contribution in [2.45, 2.75) is 13.2 Å². The molecule has 5 nitrogen and oxygen atoms in total. The number of hydrogen-bond acceptors (Lipinski definition) is 5. The van der Waals surface area contributed by atoms with Gasteiger partial charge in [-0.15, -0.1) is 0 Å². The molecule has 8 heteroatoms. The molecular formula is C3H8NNa2O4P. The second kappa shape index (κ2) is 8.66. The summed E-state index contributed by atoms with van der Waals surface area (Å²) in [5.41, 5.74) is 0. The molecule has 0 spiro atoms. The normalized spacial score (nSPS) is 12.7. The Bertz CT molecular complexity index is 127. The van der Waals surface area contributed by atoms with E-state index in [1.54, 1.807) is 0 Å². The minimum atomic E-state index is -4.49. The van der Waals surface area contributed by atoms with E-state index in [9.17, 15) is 14.4 Å². The monoisotopic (exact) mass is 199 g/mol. The van der Waals surface area contributed by atoms with E-state index in [-0.39, 0.29) is 59.1 Å². The molecule has 0 aliphatic rings. The van der Waals surface area contributed by atoms with Crippen LogP contribution in [0, 0.1) is 0 Å². The molecule has 1 unspecified atom stereocenters. The van der Waals surface area contributed by atoms with Gasteiger partial charge in [-0.05, 0) is 6.92 Å². The third kappa shape index (κ3) is 18.8. The maximum Gasteiger partial charge on any atom is 1.00 e. The van der Waals surface area contributed by atoms with Crippen molar-refractivity contribution in [2.75, 3.05) is 6.29 Å². The van der Waals surface area contributed by atoms with E-state index in [2.05, 4.69) is 5.32 Å². The Morgan fingerprint density at radius 2 is 1.91 bits per heavy atom. The molecule has 0 radical (unpaired) electrons. The van der Waals surface area contributed by atoms with E-state index in [1.807, 2.05) is 0 Å². The van der Waals surface area contributed by atoms with Gasteiger partial charge in [0.1, 0.15) is 6.23 Å². The zero-order valence-corrected chi connectivity index (χ0v) is 11.8. The van der Waals surface area contributed by atoms with Crippen LogP contribution in [0.1, 0.15) is 6.92 Å². The number of nitrogens with one attached hydrogen (secondary N) is 1. The van der Waals surface area contributed by atoms with Gasteiger partial charge in [-0.1, -0.05) is 7.60 Å². The molecular weight excluding hydrogens is 191 g/mol. The summed E-state index contributed by atoms with van der Waals surface area (Å²) in [7, 11) is -4.49. The smallest absolute Gasteiger partial charge is 0.810 e. The average molecular weight is 199 g/mol. The van der Waals surface area contributed by atoms with Gasteiger partial charge in [-0.3, -0.25) is 5.32 Å². The molecule has 56 valence electrons. The fourth-order valence-corrected chi connectivity index (χ4v) is 0.732. The summed E-state index contributed by atoms with van der Waals surface area (Å²) in [6.07, 6.45) is -1.66. The zero-order chi connectivity index (χ0) is 7.49. The molecule has 0 aliphatic carbocycles. The summed E-state index contributed by atoms with van der Waals surface area (Å²) in [5.74, 6) is 0. The van der Waals surface area contributed by atoms with E-state index in [0.717, 1.165) is 0 Å². The van der Waals surface area contributed by atoms with Crippen molar-refractivity contribution in [3.05, 3.63) is 0 Å². The summed E-state index contributed by atoms with van der Waals surface area (Å²) >= 11 is 0. The molecule has 2 N–H and O–H groups in total. The van der Waals surface area contributed by atoms with Crippen molar-refractivity contribution in [1.29, 1.82) is 0 Å². The standard InChI is InChI=1S/C3H10NO4P.2Na/c1-3(5)4-2-9(6,7)8;;/h3-5H,2H2,1H3,(H2,6,7,8);;/q;2*+1/p-2. The van der Waals surface area contributed by atoms with Gasteiger partial charge in [0.15, 0.2) is 0 Å². The predicted octanol–water partition coefficient (Wildman–Crippen LogP) is -8.21. The van der Waals surface area contributed by atoms with Crippen LogP contribution in [0.25, 0.3) is 0 Å². The van der Waals surface area contributed by atoms with Gasteiger partial charge in [0.25, 0.3) is 0 Å². The van der Waals surface area contributed by atoms with Gasteiger partial charge >= 0.3 is 59.1 Å². The van der Waals surface area contributed by atoms with Crippen LogP contribution >= 0.6 is 7.60 Å². The third-order valence-corrected chi connectivity index (χ3v) is 1.15.